The van der Waals surface area contributed by atoms with Crippen LogP contribution in [0.5, 0.6) is 0 Å². The number of carbonyl (C=O) groups excluding carboxylic acids is 3. The first kappa shape index (κ1) is 20.3. The van der Waals surface area contributed by atoms with Crippen LogP contribution in [0.4, 0.5) is 0 Å². The highest BCUT2D eigenvalue weighted by molar-refractivity contribution is 6.22. The number of hydrogen-bond acceptors (Lipinski definition) is 4. The van der Waals surface area contributed by atoms with E-state index < -0.39 is 0 Å². The summed E-state index contributed by atoms with van der Waals surface area (Å²) in [6, 6.07) is 13.1. The van der Waals surface area contributed by atoms with Gasteiger partial charge in [0, 0.05) is 38.3 Å². The molecule has 1 heterocycles. The van der Waals surface area contributed by atoms with Crippen LogP contribution >= 0.6 is 0 Å². The number of carbonyl (C=O) groups is 3. The molecule has 1 N–H and O–H groups in total. The lowest BCUT2D eigenvalue weighted by atomic mass is 9.83. The molecule has 0 saturated heterocycles. The third kappa shape index (κ3) is 3.87. The topological polar surface area (TPSA) is 75.7 Å². The number of ether oxygens (including phenoxy) is 1. The Morgan fingerprint density at radius 2 is 1.93 bits per heavy atom. The highest BCUT2D eigenvalue weighted by atomic mass is 16.5. The Morgan fingerprint density at radius 3 is 2.77 bits per heavy atom. The number of benzene rings is 2. The molecule has 0 radical (unpaired) electrons. The van der Waals surface area contributed by atoms with Crippen molar-refractivity contribution in [3.05, 3.63) is 70.3 Å². The van der Waals surface area contributed by atoms with Crippen molar-refractivity contribution in [2.45, 2.75) is 31.6 Å². The fourth-order valence-corrected chi connectivity index (χ4v) is 4.39. The smallest absolute Gasteiger partial charge is 0.261 e. The van der Waals surface area contributed by atoms with Crippen LogP contribution in [-0.2, 0) is 11.2 Å². The monoisotopic (exact) mass is 406 g/mol. The van der Waals surface area contributed by atoms with Crippen molar-refractivity contribution in [2.24, 2.45) is 0 Å². The molecule has 1 unspecified atom stereocenters. The minimum atomic E-state index is -0.345. The molecule has 2 aromatic rings. The zero-order valence-electron chi connectivity index (χ0n) is 17.1. The van der Waals surface area contributed by atoms with Crippen LogP contribution in [0.2, 0.25) is 0 Å². The zero-order valence-corrected chi connectivity index (χ0v) is 17.1. The fraction of sp³-hybridized carbons (Fsp3) is 0.375. The molecule has 0 bridgehead atoms. The number of methoxy groups -OCH3 is 1. The number of nitrogens with one attached hydrogen (secondary N) is 1. The van der Waals surface area contributed by atoms with Crippen LogP contribution in [0.25, 0.3) is 0 Å². The van der Waals surface area contributed by atoms with E-state index in [1.807, 2.05) is 6.07 Å². The summed E-state index contributed by atoms with van der Waals surface area (Å²) in [5, 5.41) is 3.01. The predicted molar refractivity (Wildman–Crippen MR) is 113 cm³/mol. The van der Waals surface area contributed by atoms with E-state index in [9.17, 15) is 14.4 Å². The van der Waals surface area contributed by atoms with Crippen LogP contribution in [0.3, 0.4) is 0 Å². The third-order valence-electron chi connectivity index (χ3n) is 5.97. The van der Waals surface area contributed by atoms with Gasteiger partial charge in [-0.05, 0) is 55.0 Å². The second-order valence-electron chi connectivity index (χ2n) is 7.87. The van der Waals surface area contributed by atoms with Gasteiger partial charge in [0.15, 0.2) is 0 Å². The van der Waals surface area contributed by atoms with E-state index in [1.54, 1.807) is 19.2 Å². The molecule has 0 saturated carbocycles. The Hall–Kier alpha value is -2.99. The van der Waals surface area contributed by atoms with Crippen LogP contribution in [0.1, 0.15) is 67.4 Å². The highest BCUT2D eigenvalue weighted by Crippen LogP contribution is 2.31. The van der Waals surface area contributed by atoms with Crippen LogP contribution in [-0.4, -0.2) is 49.4 Å². The SMILES string of the molecule is COCCCN1C(=O)c2ccc(C(=O)NCC3CCCc4ccccc43)cc2C1=O. The van der Waals surface area contributed by atoms with E-state index in [0.717, 1.165) is 19.3 Å². The number of rotatable bonds is 7. The first-order chi connectivity index (χ1) is 14.6. The Labute approximate surface area is 176 Å². The average molecular weight is 406 g/mol. The minimum absolute atomic E-state index is 0.223. The molecule has 1 aliphatic heterocycles. The molecule has 0 spiro atoms. The van der Waals surface area contributed by atoms with Crippen molar-refractivity contribution in [2.75, 3.05) is 26.8 Å². The molecular weight excluding hydrogens is 380 g/mol. The fourth-order valence-electron chi connectivity index (χ4n) is 4.39. The maximum atomic E-state index is 12.7. The number of imide groups is 1. The Bertz CT molecular complexity index is 985. The molecule has 1 atom stereocenters. The van der Waals surface area contributed by atoms with E-state index in [2.05, 4.69) is 23.5 Å². The van der Waals surface area contributed by atoms with Gasteiger partial charge >= 0.3 is 0 Å². The summed E-state index contributed by atoms with van der Waals surface area (Å²) in [6.07, 6.45) is 3.83. The van der Waals surface area contributed by atoms with Gasteiger partial charge in [0.2, 0.25) is 0 Å². The Morgan fingerprint density at radius 1 is 1.13 bits per heavy atom. The molecule has 2 aliphatic rings. The molecular formula is C24H26N2O4. The second-order valence-corrected chi connectivity index (χ2v) is 7.87. The molecule has 1 aliphatic carbocycles. The quantitative estimate of drug-likeness (QED) is 0.566. The summed E-state index contributed by atoms with van der Waals surface area (Å²) in [7, 11) is 1.58. The molecule has 0 fully saturated rings. The van der Waals surface area contributed by atoms with Crippen LogP contribution in [0.15, 0.2) is 42.5 Å². The van der Waals surface area contributed by atoms with Crippen molar-refractivity contribution in [1.29, 1.82) is 0 Å². The molecule has 0 aromatic heterocycles. The summed E-state index contributed by atoms with van der Waals surface area (Å²) in [4.78, 5) is 39.1. The van der Waals surface area contributed by atoms with Crippen molar-refractivity contribution >= 4 is 17.7 Å². The average Bonchev–Trinajstić information content (AvgIpc) is 3.02. The standard InChI is InChI=1S/C24H26N2O4/c1-30-13-5-12-26-23(28)20-11-10-17(14-21(20)24(26)29)22(27)25-15-18-8-4-7-16-6-2-3-9-19(16)18/h2-3,6,9-11,14,18H,4-5,7-8,12-13,15H2,1H3,(H,25,27). The molecule has 6 nitrogen and oxygen atoms in total. The molecule has 3 amide bonds. The number of hydrogen-bond donors (Lipinski definition) is 1. The summed E-state index contributed by atoms with van der Waals surface area (Å²) in [5.74, 6) is -0.578. The summed E-state index contributed by atoms with van der Waals surface area (Å²) >= 11 is 0. The van der Waals surface area contributed by atoms with Gasteiger partial charge < -0.3 is 10.1 Å². The lowest BCUT2D eigenvalue weighted by Gasteiger charge is -2.25. The highest BCUT2D eigenvalue weighted by Gasteiger charge is 2.35. The van der Waals surface area contributed by atoms with E-state index in [-0.39, 0.29) is 17.7 Å². The molecule has 2 aromatic carbocycles. The largest absolute Gasteiger partial charge is 0.385 e. The van der Waals surface area contributed by atoms with Gasteiger partial charge in [-0.25, -0.2) is 0 Å². The van der Waals surface area contributed by atoms with E-state index in [0.29, 0.717) is 48.7 Å². The first-order valence-electron chi connectivity index (χ1n) is 10.5. The number of fused-ring (bicyclic) bond motifs is 2. The van der Waals surface area contributed by atoms with Gasteiger partial charge in [0.1, 0.15) is 0 Å². The Balaban J connectivity index is 1.44. The van der Waals surface area contributed by atoms with Gasteiger partial charge in [0.25, 0.3) is 17.7 Å². The molecule has 6 heteroatoms. The predicted octanol–water partition coefficient (Wildman–Crippen LogP) is 3.17. The van der Waals surface area contributed by atoms with E-state index >= 15 is 0 Å². The maximum Gasteiger partial charge on any atom is 0.261 e. The van der Waals surface area contributed by atoms with Crippen molar-refractivity contribution in [3.8, 4) is 0 Å². The van der Waals surface area contributed by atoms with Crippen LogP contribution < -0.4 is 5.32 Å². The van der Waals surface area contributed by atoms with Crippen LogP contribution in [0, 0.1) is 0 Å². The lowest BCUT2D eigenvalue weighted by molar-refractivity contribution is 0.0638. The zero-order chi connectivity index (χ0) is 21.1. The summed E-state index contributed by atoms with van der Waals surface area (Å²) in [5.41, 5.74) is 3.73. The number of amides is 3. The van der Waals surface area contributed by atoms with Crippen molar-refractivity contribution in [1.82, 2.24) is 10.2 Å². The second kappa shape index (κ2) is 8.79. The van der Waals surface area contributed by atoms with E-state index in [4.69, 9.17) is 4.74 Å². The van der Waals surface area contributed by atoms with Crippen molar-refractivity contribution in [3.63, 3.8) is 0 Å². The lowest BCUT2D eigenvalue weighted by Crippen LogP contribution is -2.31. The normalized spacial score (nSPS) is 17.6. The maximum absolute atomic E-state index is 12.7. The van der Waals surface area contributed by atoms with Gasteiger partial charge in [0.05, 0.1) is 11.1 Å². The number of nitrogens with zero attached hydrogens (tertiary/aromatic N) is 1. The summed E-state index contributed by atoms with van der Waals surface area (Å²) < 4.78 is 5.00. The summed E-state index contributed by atoms with van der Waals surface area (Å²) in [6.45, 7) is 1.34. The van der Waals surface area contributed by atoms with Gasteiger partial charge in [-0.2, -0.15) is 0 Å². The van der Waals surface area contributed by atoms with Gasteiger partial charge in [-0.15, -0.1) is 0 Å². The van der Waals surface area contributed by atoms with Gasteiger partial charge in [-0.1, -0.05) is 24.3 Å². The first-order valence-corrected chi connectivity index (χ1v) is 10.5. The molecule has 4 rings (SSSR count). The van der Waals surface area contributed by atoms with E-state index in [1.165, 1.54) is 22.1 Å². The third-order valence-corrected chi connectivity index (χ3v) is 5.97. The molecule has 30 heavy (non-hydrogen) atoms. The number of aryl methyl sites for hydroxylation is 1. The minimum Gasteiger partial charge on any atom is -0.385 e. The molecule has 156 valence electrons. The van der Waals surface area contributed by atoms with Crippen molar-refractivity contribution < 1.29 is 19.1 Å². The van der Waals surface area contributed by atoms with Gasteiger partial charge in [-0.3, -0.25) is 19.3 Å². The Kier molecular flexibility index (Phi) is 5.95.